The molecule has 0 saturated carbocycles. The van der Waals surface area contributed by atoms with E-state index in [0.717, 1.165) is 0 Å². The summed E-state index contributed by atoms with van der Waals surface area (Å²) in [6.07, 6.45) is 0.561. The van der Waals surface area contributed by atoms with Gasteiger partial charge >= 0.3 is 0 Å². The molecule has 0 aliphatic rings. The molecule has 0 spiro atoms. The Morgan fingerprint density at radius 3 is 2.71 bits per heavy atom. The van der Waals surface area contributed by atoms with Crippen LogP contribution in [0.2, 0.25) is 0 Å². The molecule has 1 atom stereocenters. The lowest BCUT2D eigenvalue weighted by molar-refractivity contribution is -0.00956. The molecule has 0 radical (unpaired) electrons. The van der Waals surface area contributed by atoms with Gasteiger partial charge in [-0.15, -0.1) is 0 Å². The Balaban J connectivity index is 2.61. The van der Waals surface area contributed by atoms with Gasteiger partial charge in [0, 0.05) is 7.11 Å². The van der Waals surface area contributed by atoms with Crippen LogP contribution >= 0.6 is 0 Å². The molecule has 21 heavy (non-hydrogen) atoms. The number of halogens is 1. The SMILES string of the molecule is CCC(C)(OC)c1nc(O)c(-c2cccc(F)c2)c(=O)[nH]1. The Kier molecular flexibility index (Phi) is 4.09. The third-order valence-electron chi connectivity index (χ3n) is 3.64. The number of methoxy groups -OCH3 is 1. The highest BCUT2D eigenvalue weighted by atomic mass is 19.1. The van der Waals surface area contributed by atoms with E-state index >= 15 is 0 Å². The molecule has 2 aromatic rings. The molecule has 0 fully saturated rings. The molecule has 1 aromatic heterocycles. The largest absolute Gasteiger partial charge is 0.493 e. The molecule has 0 amide bonds. The summed E-state index contributed by atoms with van der Waals surface area (Å²) >= 11 is 0. The quantitative estimate of drug-likeness (QED) is 0.908. The van der Waals surface area contributed by atoms with Gasteiger partial charge in [0.25, 0.3) is 5.56 Å². The number of ether oxygens (including phenoxy) is 1. The molecule has 1 heterocycles. The maximum atomic E-state index is 13.3. The molecular formula is C15H17FN2O3. The van der Waals surface area contributed by atoms with Crippen LogP contribution in [-0.4, -0.2) is 22.2 Å². The smallest absolute Gasteiger partial charge is 0.262 e. The van der Waals surface area contributed by atoms with Crippen LogP contribution in [0.25, 0.3) is 11.1 Å². The Bertz CT molecular complexity index is 708. The summed E-state index contributed by atoms with van der Waals surface area (Å²) in [4.78, 5) is 18.8. The van der Waals surface area contributed by atoms with E-state index in [2.05, 4.69) is 9.97 Å². The number of nitrogens with one attached hydrogen (secondary N) is 1. The molecule has 2 rings (SSSR count). The van der Waals surface area contributed by atoms with Gasteiger partial charge in [0.2, 0.25) is 5.88 Å². The zero-order chi connectivity index (χ0) is 15.6. The number of rotatable bonds is 4. The van der Waals surface area contributed by atoms with Crippen LogP contribution in [0.3, 0.4) is 0 Å². The summed E-state index contributed by atoms with van der Waals surface area (Å²) in [5.41, 5.74) is -1.15. The summed E-state index contributed by atoms with van der Waals surface area (Å²) in [5, 5.41) is 10.1. The van der Waals surface area contributed by atoms with Crippen molar-refractivity contribution in [2.75, 3.05) is 7.11 Å². The van der Waals surface area contributed by atoms with Crippen LogP contribution in [0.5, 0.6) is 5.88 Å². The maximum absolute atomic E-state index is 13.3. The fourth-order valence-electron chi connectivity index (χ4n) is 2.02. The van der Waals surface area contributed by atoms with Gasteiger partial charge in [-0.3, -0.25) is 4.79 Å². The van der Waals surface area contributed by atoms with E-state index in [0.29, 0.717) is 6.42 Å². The van der Waals surface area contributed by atoms with Gasteiger partial charge in [-0.2, -0.15) is 4.98 Å². The van der Waals surface area contributed by atoms with Crippen molar-refractivity contribution in [2.24, 2.45) is 0 Å². The monoisotopic (exact) mass is 292 g/mol. The molecule has 1 aromatic carbocycles. The average Bonchev–Trinajstić information content (AvgIpc) is 2.45. The minimum atomic E-state index is -0.808. The number of H-pyrrole nitrogens is 1. The number of hydrogen-bond donors (Lipinski definition) is 2. The number of nitrogens with zero attached hydrogens (tertiary/aromatic N) is 1. The first-order chi connectivity index (χ1) is 9.91. The van der Waals surface area contributed by atoms with Crippen molar-refractivity contribution >= 4 is 0 Å². The zero-order valence-electron chi connectivity index (χ0n) is 12.1. The highest BCUT2D eigenvalue weighted by Crippen LogP contribution is 2.29. The molecule has 112 valence electrons. The van der Waals surface area contributed by atoms with Crippen molar-refractivity contribution in [1.82, 2.24) is 9.97 Å². The maximum Gasteiger partial charge on any atom is 0.262 e. The lowest BCUT2D eigenvalue weighted by atomic mass is 10.0. The molecular weight excluding hydrogens is 275 g/mol. The Hall–Kier alpha value is -2.21. The zero-order valence-corrected chi connectivity index (χ0v) is 12.1. The van der Waals surface area contributed by atoms with Crippen LogP contribution in [-0.2, 0) is 10.3 Å². The van der Waals surface area contributed by atoms with E-state index in [4.69, 9.17) is 4.74 Å². The van der Waals surface area contributed by atoms with Crippen molar-refractivity contribution in [3.05, 3.63) is 46.3 Å². The third-order valence-corrected chi connectivity index (χ3v) is 3.64. The highest BCUT2D eigenvalue weighted by molar-refractivity contribution is 5.67. The fraction of sp³-hybridized carbons (Fsp3) is 0.333. The lowest BCUT2D eigenvalue weighted by Crippen LogP contribution is -2.29. The Morgan fingerprint density at radius 1 is 1.48 bits per heavy atom. The van der Waals surface area contributed by atoms with E-state index in [9.17, 15) is 14.3 Å². The van der Waals surface area contributed by atoms with Crippen molar-refractivity contribution in [3.63, 3.8) is 0 Å². The van der Waals surface area contributed by atoms with Gasteiger partial charge in [-0.05, 0) is 31.0 Å². The number of benzene rings is 1. The molecule has 0 saturated heterocycles. The van der Waals surface area contributed by atoms with Gasteiger partial charge in [-0.25, -0.2) is 4.39 Å². The highest BCUT2D eigenvalue weighted by Gasteiger charge is 2.28. The van der Waals surface area contributed by atoms with E-state index in [1.54, 1.807) is 6.92 Å². The van der Waals surface area contributed by atoms with Crippen LogP contribution in [0.1, 0.15) is 26.1 Å². The minimum Gasteiger partial charge on any atom is -0.493 e. The number of hydrogen-bond acceptors (Lipinski definition) is 4. The van der Waals surface area contributed by atoms with Gasteiger partial charge < -0.3 is 14.8 Å². The summed E-state index contributed by atoms with van der Waals surface area (Å²) in [5.74, 6) is -0.711. The molecule has 0 bridgehead atoms. The second-order valence-corrected chi connectivity index (χ2v) is 4.91. The van der Waals surface area contributed by atoms with Crippen molar-refractivity contribution in [1.29, 1.82) is 0 Å². The van der Waals surface area contributed by atoms with Crippen LogP contribution in [0.4, 0.5) is 4.39 Å². The Labute approximate surface area is 121 Å². The van der Waals surface area contributed by atoms with Gasteiger partial charge in [-0.1, -0.05) is 19.1 Å². The van der Waals surface area contributed by atoms with Crippen LogP contribution in [0.15, 0.2) is 29.1 Å². The normalized spacial score (nSPS) is 13.9. The molecule has 0 aliphatic carbocycles. The molecule has 0 aliphatic heterocycles. The van der Waals surface area contributed by atoms with Gasteiger partial charge in [0.05, 0.1) is 0 Å². The predicted molar refractivity (Wildman–Crippen MR) is 76.6 cm³/mol. The number of aromatic amines is 1. The molecule has 2 N–H and O–H groups in total. The van der Waals surface area contributed by atoms with Crippen LogP contribution in [0, 0.1) is 5.82 Å². The summed E-state index contributed by atoms with van der Waals surface area (Å²) < 4.78 is 18.6. The summed E-state index contributed by atoms with van der Waals surface area (Å²) in [7, 11) is 1.50. The summed E-state index contributed by atoms with van der Waals surface area (Å²) in [6, 6.07) is 5.42. The fourth-order valence-corrected chi connectivity index (χ4v) is 2.02. The molecule has 1 unspecified atom stereocenters. The summed E-state index contributed by atoms with van der Waals surface area (Å²) in [6.45, 7) is 3.63. The number of aromatic nitrogens is 2. The average molecular weight is 292 g/mol. The molecule has 6 heteroatoms. The van der Waals surface area contributed by atoms with Crippen LogP contribution < -0.4 is 5.56 Å². The third kappa shape index (κ3) is 2.80. The second-order valence-electron chi connectivity index (χ2n) is 4.91. The first kappa shape index (κ1) is 15.2. The lowest BCUT2D eigenvalue weighted by Gasteiger charge is -2.25. The Morgan fingerprint density at radius 2 is 2.19 bits per heavy atom. The van der Waals surface area contributed by atoms with Gasteiger partial charge in [0.15, 0.2) is 0 Å². The first-order valence-corrected chi connectivity index (χ1v) is 6.56. The van der Waals surface area contributed by atoms with Crippen molar-refractivity contribution in [3.8, 4) is 17.0 Å². The van der Waals surface area contributed by atoms with E-state index in [1.807, 2.05) is 6.92 Å². The topological polar surface area (TPSA) is 75.2 Å². The van der Waals surface area contributed by atoms with Gasteiger partial charge in [0.1, 0.15) is 22.8 Å². The predicted octanol–water partition coefficient (Wildman–Crippen LogP) is 2.55. The van der Waals surface area contributed by atoms with E-state index in [-0.39, 0.29) is 17.0 Å². The molecule has 5 nitrogen and oxygen atoms in total. The second kappa shape index (κ2) is 5.65. The first-order valence-electron chi connectivity index (χ1n) is 6.56. The standard InChI is InChI=1S/C15H17FN2O3/c1-4-15(2,21-3)14-17-12(19)11(13(20)18-14)9-6-5-7-10(16)8-9/h5-8H,4H2,1-3H3,(H2,17,18,19,20). The number of aromatic hydroxyl groups is 1. The van der Waals surface area contributed by atoms with Crippen molar-refractivity contribution < 1.29 is 14.2 Å². The minimum absolute atomic E-state index is 0.0622. The van der Waals surface area contributed by atoms with E-state index in [1.165, 1.54) is 31.4 Å². The van der Waals surface area contributed by atoms with Crippen molar-refractivity contribution in [2.45, 2.75) is 25.9 Å². The van der Waals surface area contributed by atoms with E-state index < -0.39 is 22.9 Å².